The molecule has 0 aromatic heterocycles. The van der Waals surface area contributed by atoms with E-state index in [-0.39, 0.29) is 30.3 Å². The first-order valence-corrected chi connectivity index (χ1v) is 12.3. The van der Waals surface area contributed by atoms with Crippen molar-refractivity contribution in [2.24, 2.45) is 0 Å². The number of nitrogens with zero attached hydrogens (tertiary/aromatic N) is 3. The van der Waals surface area contributed by atoms with E-state index in [0.717, 1.165) is 37.1 Å². The average Bonchev–Trinajstić information content (AvgIpc) is 2.90. The van der Waals surface area contributed by atoms with Gasteiger partial charge in [-0.25, -0.2) is 0 Å². The van der Waals surface area contributed by atoms with Gasteiger partial charge >= 0.3 is 0 Å². The molecule has 1 fully saturated rings. The maximum atomic E-state index is 13.5. The van der Waals surface area contributed by atoms with Crippen LogP contribution in [0, 0.1) is 0 Å². The minimum absolute atomic E-state index is 0.0910. The number of hydrogen-bond acceptors (Lipinski definition) is 6. The zero-order valence-corrected chi connectivity index (χ0v) is 21.4. The van der Waals surface area contributed by atoms with Crippen LogP contribution in [0.4, 0.5) is 11.4 Å². The molecule has 36 heavy (non-hydrogen) atoms. The lowest BCUT2D eigenvalue weighted by molar-refractivity contribution is -0.124. The highest BCUT2D eigenvalue weighted by molar-refractivity contribution is 6.09. The number of amides is 3. The molecule has 2 aromatic rings. The molecular weight excluding hydrogens is 460 g/mol. The number of hydrogen-bond donors (Lipinski definition) is 1. The first-order chi connectivity index (χ1) is 17.3. The topological polar surface area (TPSA) is 91.4 Å². The first-order valence-electron chi connectivity index (χ1n) is 12.3. The minimum Gasteiger partial charge on any atom is -0.493 e. The molecule has 0 spiro atoms. The van der Waals surface area contributed by atoms with Crippen LogP contribution >= 0.6 is 0 Å². The van der Waals surface area contributed by atoms with Gasteiger partial charge in [0.1, 0.15) is 12.6 Å². The lowest BCUT2D eigenvalue weighted by atomic mass is 9.95. The van der Waals surface area contributed by atoms with Crippen molar-refractivity contribution in [3.05, 3.63) is 47.5 Å². The van der Waals surface area contributed by atoms with Gasteiger partial charge in [0.15, 0.2) is 11.5 Å². The summed E-state index contributed by atoms with van der Waals surface area (Å²) in [6.45, 7) is 1.11. The van der Waals surface area contributed by atoms with Crippen LogP contribution in [0.2, 0.25) is 0 Å². The van der Waals surface area contributed by atoms with E-state index in [1.54, 1.807) is 45.3 Å². The van der Waals surface area contributed by atoms with Gasteiger partial charge in [0.05, 0.1) is 25.6 Å². The largest absolute Gasteiger partial charge is 0.493 e. The van der Waals surface area contributed by atoms with Crippen LogP contribution in [-0.2, 0) is 16.0 Å². The van der Waals surface area contributed by atoms with Crippen molar-refractivity contribution in [1.29, 1.82) is 0 Å². The number of carbonyl (C=O) groups is 3. The van der Waals surface area contributed by atoms with Gasteiger partial charge in [-0.3, -0.25) is 19.3 Å². The number of anilines is 2. The Morgan fingerprint density at radius 1 is 1.03 bits per heavy atom. The summed E-state index contributed by atoms with van der Waals surface area (Å²) in [5.41, 5.74) is 2.99. The van der Waals surface area contributed by atoms with Crippen LogP contribution in [0.5, 0.6) is 11.5 Å². The molecular formula is C27H34N4O5. The highest BCUT2D eigenvalue weighted by Crippen LogP contribution is 2.40. The van der Waals surface area contributed by atoms with Gasteiger partial charge in [-0.05, 0) is 61.6 Å². The van der Waals surface area contributed by atoms with Crippen molar-refractivity contribution >= 4 is 29.1 Å². The van der Waals surface area contributed by atoms with Gasteiger partial charge < -0.3 is 24.6 Å². The molecule has 3 amide bonds. The smallest absolute Gasteiger partial charge is 0.253 e. The molecule has 192 valence electrons. The zero-order valence-electron chi connectivity index (χ0n) is 21.4. The quantitative estimate of drug-likeness (QED) is 0.606. The Morgan fingerprint density at radius 3 is 2.53 bits per heavy atom. The highest BCUT2D eigenvalue weighted by Gasteiger charge is 2.40. The predicted octanol–water partition coefficient (Wildman–Crippen LogP) is 2.47. The number of carbonyl (C=O) groups excluding carboxylic acids is 3. The number of nitrogens with one attached hydrogen (secondary N) is 1. The summed E-state index contributed by atoms with van der Waals surface area (Å²) in [4.78, 5) is 44.2. The van der Waals surface area contributed by atoms with E-state index in [1.165, 1.54) is 4.90 Å². The third kappa shape index (κ3) is 5.10. The van der Waals surface area contributed by atoms with Crippen molar-refractivity contribution in [3.8, 4) is 11.5 Å². The maximum absolute atomic E-state index is 13.5. The van der Waals surface area contributed by atoms with Crippen molar-refractivity contribution in [3.63, 3.8) is 0 Å². The molecule has 4 rings (SSSR count). The fourth-order valence-corrected chi connectivity index (χ4v) is 4.89. The van der Waals surface area contributed by atoms with Gasteiger partial charge in [-0.15, -0.1) is 0 Å². The average molecular weight is 495 g/mol. The number of ether oxygens (including phenoxy) is 2. The first kappa shape index (κ1) is 25.3. The molecule has 2 aliphatic heterocycles. The molecule has 2 aromatic carbocycles. The number of methoxy groups -OCH3 is 2. The Labute approximate surface area is 211 Å². The van der Waals surface area contributed by atoms with Gasteiger partial charge in [-0.2, -0.15) is 0 Å². The van der Waals surface area contributed by atoms with E-state index in [2.05, 4.69) is 10.2 Å². The molecule has 9 nitrogen and oxygen atoms in total. The van der Waals surface area contributed by atoms with E-state index in [9.17, 15) is 14.4 Å². The fourth-order valence-electron chi connectivity index (χ4n) is 4.89. The van der Waals surface area contributed by atoms with Crippen molar-refractivity contribution < 1.29 is 23.9 Å². The molecule has 1 unspecified atom stereocenters. The van der Waals surface area contributed by atoms with Crippen molar-refractivity contribution in [2.75, 3.05) is 57.7 Å². The zero-order chi connectivity index (χ0) is 25.8. The number of fused-ring (bicyclic) bond motifs is 3. The van der Waals surface area contributed by atoms with E-state index < -0.39 is 0 Å². The Hall–Kier alpha value is -3.75. The fraction of sp³-hybridized carbons (Fsp3) is 0.444. The van der Waals surface area contributed by atoms with Crippen LogP contribution in [0.3, 0.4) is 0 Å². The van der Waals surface area contributed by atoms with Gasteiger partial charge in [0.2, 0.25) is 11.8 Å². The monoisotopic (exact) mass is 494 g/mol. The number of piperidine rings is 1. The molecule has 9 heteroatoms. The third-order valence-corrected chi connectivity index (χ3v) is 6.77. The van der Waals surface area contributed by atoms with Crippen LogP contribution in [0.1, 0.15) is 35.2 Å². The van der Waals surface area contributed by atoms with Crippen molar-refractivity contribution in [2.45, 2.75) is 31.7 Å². The van der Waals surface area contributed by atoms with Gasteiger partial charge in [0.25, 0.3) is 5.91 Å². The molecule has 0 aliphatic carbocycles. The van der Waals surface area contributed by atoms with E-state index in [0.29, 0.717) is 35.7 Å². The summed E-state index contributed by atoms with van der Waals surface area (Å²) in [5, 5.41) is 2.93. The molecule has 1 N–H and O–H groups in total. The molecule has 0 radical (unpaired) electrons. The Balaban J connectivity index is 1.49. The standard InChI is InChI=1S/C27H34N4O5/c1-29(2)26(33)19-9-10-20-22(16-19)31(27(34)21-7-5-6-14-30(20)21)17-25(32)28-13-12-18-8-11-23(35-3)24(15-18)36-4/h8-11,15-16,21H,5-7,12-14,17H2,1-4H3,(H,28,32). The van der Waals surface area contributed by atoms with Gasteiger partial charge in [-0.1, -0.05) is 6.07 Å². The molecule has 0 bridgehead atoms. The van der Waals surface area contributed by atoms with Crippen molar-refractivity contribution in [1.82, 2.24) is 10.2 Å². The number of benzene rings is 2. The minimum atomic E-state index is -0.277. The lowest BCUT2D eigenvalue weighted by Gasteiger charge is -2.45. The van der Waals surface area contributed by atoms with E-state index in [4.69, 9.17) is 9.47 Å². The van der Waals surface area contributed by atoms with E-state index in [1.807, 2.05) is 24.3 Å². The Kier molecular flexibility index (Phi) is 7.67. The normalized spacial score (nSPS) is 16.7. The Bertz CT molecular complexity index is 1150. The Morgan fingerprint density at radius 2 is 1.81 bits per heavy atom. The second-order valence-electron chi connectivity index (χ2n) is 9.32. The van der Waals surface area contributed by atoms with Crippen LogP contribution in [-0.4, -0.2) is 76.6 Å². The summed E-state index contributed by atoms with van der Waals surface area (Å²) in [5.74, 6) is 0.800. The summed E-state index contributed by atoms with van der Waals surface area (Å²) in [6.07, 6.45) is 3.35. The SMILES string of the molecule is COc1ccc(CCNC(=O)CN2C(=O)C3CCCCN3c3ccc(C(=O)N(C)C)cc32)cc1OC. The highest BCUT2D eigenvalue weighted by atomic mass is 16.5. The molecule has 1 atom stereocenters. The number of rotatable bonds is 8. The molecule has 2 heterocycles. The summed E-state index contributed by atoms with van der Waals surface area (Å²) in [7, 11) is 6.56. The summed E-state index contributed by atoms with van der Waals surface area (Å²) in [6, 6.07) is 10.8. The lowest BCUT2D eigenvalue weighted by Crippen LogP contribution is -2.57. The third-order valence-electron chi connectivity index (χ3n) is 6.77. The summed E-state index contributed by atoms with van der Waals surface area (Å²) < 4.78 is 10.6. The maximum Gasteiger partial charge on any atom is 0.253 e. The molecule has 0 saturated carbocycles. The summed E-state index contributed by atoms with van der Waals surface area (Å²) >= 11 is 0. The van der Waals surface area contributed by atoms with E-state index >= 15 is 0 Å². The van der Waals surface area contributed by atoms with Crippen LogP contribution in [0.25, 0.3) is 0 Å². The second kappa shape index (κ2) is 10.9. The second-order valence-corrected chi connectivity index (χ2v) is 9.32. The molecule has 1 saturated heterocycles. The van der Waals surface area contributed by atoms with Crippen LogP contribution in [0.15, 0.2) is 36.4 Å². The molecule has 2 aliphatic rings. The van der Waals surface area contributed by atoms with Gasteiger partial charge in [0, 0.05) is 32.7 Å². The predicted molar refractivity (Wildman–Crippen MR) is 138 cm³/mol. The van der Waals surface area contributed by atoms with Crippen LogP contribution < -0.4 is 24.6 Å².